The van der Waals surface area contributed by atoms with Crippen molar-refractivity contribution in [2.24, 2.45) is 0 Å². The zero-order chi connectivity index (χ0) is 18.1. The first kappa shape index (κ1) is 16.7. The Labute approximate surface area is 151 Å². The quantitative estimate of drug-likeness (QED) is 0.625. The average molecular weight is 352 g/mol. The van der Waals surface area contributed by atoms with Gasteiger partial charge in [0.25, 0.3) is 5.69 Å². The second kappa shape index (κ2) is 6.86. The van der Waals surface area contributed by atoms with Crippen LogP contribution in [0.3, 0.4) is 0 Å². The van der Waals surface area contributed by atoms with Crippen LogP contribution in [0.5, 0.6) is 0 Å². The Morgan fingerprint density at radius 1 is 1.08 bits per heavy atom. The summed E-state index contributed by atoms with van der Waals surface area (Å²) in [6.07, 6.45) is 0.517. The summed E-state index contributed by atoms with van der Waals surface area (Å²) in [6, 6.07) is 16.9. The number of hydrazine groups is 1. The number of nitro groups is 1. The topological polar surface area (TPSA) is 69.9 Å². The molecule has 4 rings (SSSR count). The highest BCUT2D eigenvalue weighted by Gasteiger charge is 2.40. The van der Waals surface area contributed by atoms with E-state index in [1.165, 1.54) is 17.7 Å². The highest BCUT2D eigenvalue weighted by atomic mass is 16.6. The number of hydrogen-bond donors (Lipinski definition) is 0. The molecule has 2 aliphatic rings. The minimum atomic E-state index is -0.391. The summed E-state index contributed by atoms with van der Waals surface area (Å²) in [6.45, 7) is 2.81. The Balaban J connectivity index is 1.59. The minimum absolute atomic E-state index is 0.0136. The molecule has 0 saturated carbocycles. The number of amides is 1. The van der Waals surface area contributed by atoms with Crippen LogP contribution >= 0.6 is 0 Å². The highest BCUT2D eigenvalue weighted by Crippen LogP contribution is 2.33. The van der Waals surface area contributed by atoms with E-state index in [1.54, 1.807) is 12.1 Å². The number of benzene rings is 2. The summed E-state index contributed by atoms with van der Waals surface area (Å²) in [5.74, 6) is 0.134. The van der Waals surface area contributed by atoms with Gasteiger partial charge in [0.1, 0.15) is 0 Å². The molecule has 0 spiro atoms. The second-order valence-electron chi connectivity index (χ2n) is 6.71. The lowest BCUT2D eigenvalue weighted by molar-refractivity contribution is -0.384. The molecule has 0 aliphatic carbocycles. The standard InChI is InChI=1S/C19H20N4O3/c24-19-10-11-21-18(16-6-8-17(9-7-16)23(25)26)13-20(14-22(19)21)12-15-4-2-1-3-5-15/h1-9,18H,10-14H2. The first-order valence-corrected chi connectivity index (χ1v) is 8.69. The molecule has 0 aromatic heterocycles. The van der Waals surface area contributed by atoms with Crippen molar-refractivity contribution in [2.45, 2.75) is 19.0 Å². The fourth-order valence-corrected chi connectivity index (χ4v) is 3.73. The normalized spacial score (nSPS) is 21.0. The van der Waals surface area contributed by atoms with Gasteiger partial charge >= 0.3 is 0 Å². The van der Waals surface area contributed by atoms with Gasteiger partial charge in [-0.2, -0.15) is 0 Å². The third-order valence-electron chi connectivity index (χ3n) is 5.02. The molecule has 2 heterocycles. The highest BCUT2D eigenvalue weighted by molar-refractivity contribution is 5.77. The maximum absolute atomic E-state index is 12.3. The van der Waals surface area contributed by atoms with Crippen LogP contribution in [0.4, 0.5) is 5.69 Å². The number of non-ortho nitro benzene ring substituents is 1. The number of fused-ring (bicyclic) bond motifs is 1. The molecule has 2 aromatic carbocycles. The molecular formula is C19H20N4O3. The number of nitro benzene ring substituents is 1. The van der Waals surface area contributed by atoms with E-state index in [0.29, 0.717) is 19.6 Å². The van der Waals surface area contributed by atoms with Crippen molar-refractivity contribution in [1.82, 2.24) is 14.9 Å². The molecule has 0 radical (unpaired) electrons. The minimum Gasteiger partial charge on any atom is -0.278 e. The first-order chi connectivity index (χ1) is 12.6. The summed E-state index contributed by atoms with van der Waals surface area (Å²) >= 11 is 0. The molecule has 1 atom stereocenters. The van der Waals surface area contributed by atoms with Gasteiger partial charge in [-0.25, -0.2) is 5.01 Å². The lowest BCUT2D eigenvalue weighted by atomic mass is 10.0. The number of rotatable bonds is 4. The lowest BCUT2D eigenvalue weighted by Gasteiger charge is -2.45. The lowest BCUT2D eigenvalue weighted by Crippen LogP contribution is -2.55. The van der Waals surface area contributed by atoms with Crippen molar-refractivity contribution in [3.05, 3.63) is 75.8 Å². The van der Waals surface area contributed by atoms with Gasteiger partial charge < -0.3 is 0 Å². The van der Waals surface area contributed by atoms with Crippen molar-refractivity contribution in [1.29, 1.82) is 0 Å². The van der Waals surface area contributed by atoms with Crippen LogP contribution in [-0.2, 0) is 11.3 Å². The predicted molar refractivity (Wildman–Crippen MR) is 95.7 cm³/mol. The van der Waals surface area contributed by atoms with Crippen molar-refractivity contribution in [3.63, 3.8) is 0 Å². The second-order valence-corrected chi connectivity index (χ2v) is 6.71. The fourth-order valence-electron chi connectivity index (χ4n) is 3.73. The molecule has 1 unspecified atom stereocenters. The van der Waals surface area contributed by atoms with Gasteiger partial charge in [-0.05, 0) is 11.1 Å². The maximum Gasteiger partial charge on any atom is 0.269 e. The molecule has 1 amide bonds. The van der Waals surface area contributed by atoms with Gasteiger partial charge in [0.15, 0.2) is 0 Å². The predicted octanol–water partition coefficient (Wildman–Crippen LogP) is 2.56. The van der Waals surface area contributed by atoms with Gasteiger partial charge in [-0.3, -0.25) is 24.8 Å². The van der Waals surface area contributed by atoms with Crippen molar-refractivity contribution in [2.75, 3.05) is 19.8 Å². The Hall–Kier alpha value is -2.77. The molecule has 26 heavy (non-hydrogen) atoms. The molecule has 7 heteroatoms. The summed E-state index contributed by atoms with van der Waals surface area (Å²) in [5, 5.41) is 14.8. The number of carbonyl (C=O) groups excluding carboxylic acids is 1. The van der Waals surface area contributed by atoms with E-state index in [0.717, 1.165) is 18.7 Å². The number of hydrogen-bond acceptors (Lipinski definition) is 5. The summed E-state index contributed by atoms with van der Waals surface area (Å²) < 4.78 is 0. The van der Waals surface area contributed by atoms with Crippen LogP contribution in [-0.4, -0.2) is 45.5 Å². The molecule has 2 saturated heterocycles. The molecule has 134 valence electrons. The van der Waals surface area contributed by atoms with E-state index in [2.05, 4.69) is 22.0 Å². The Morgan fingerprint density at radius 3 is 2.50 bits per heavy atom. The molecule has 2 aliphatic heterocycles. The maximum atomic E-state index is 12.3. The largest absolute Gasteiger partial charge is 0.278 e. The van der Waals surface area contributed by atoms with E-state index in [-0.39, 0.29) is 17.6 Å². The van der Waals surface area contributed by atoms with Crippen LogP contribution in [0.1, 0.15) is 23.6 Å². The van der Waals surface area contributed by atoms with E-state index in [1.807, 2.05) is 23.2 Å². The third-order valence-corrected chi connectivity index (χ3v) is 5.02. The average Bonchev–Trinajstić information content (AvgIpc) is 3.03. The van der Waals surface area contributed by atoms with Gasteiger partial charge in [0.2, 0.25) is 5.91 Å². The monoisotopic (exact) mass is 352 g/mol. The SMILES string of the molecule is O=C1CCN2C(c3ccc([N+](=O)[O-])cc3)CN(Cc3ccccc3)CN12. The van der Waals surface area contributed by atoms with Gasteiger partial charge in [-0.15, -0.1) is 0 Å². The molecule has 2 aromatic rings. The molecule has 0 N–H and O–H groups in total. The van der Waals surface area contributed by atoms with Crippen LogP contribution in [0.2, 0.25) is 0 Å². The molecular weight excluding hydrogens is 332 g/mol. The van der Waals surface area contributed by atoms with E-state index >= 15 is 0 Å². The smallest absolute Gasteiger partial charge is 0.269 e. The summed E-state index contributed by atoms with van der Waals surface area (Å²) in [7, 11) is 0. The Morgan fingerprint density at radius 2 is 1.81 bits per heavy atom. The van der Waals surface area contributed by atoms with Crippen molar-refractivity contribution < 1.29 is 9.72 Å². The summed E-state index contributed by atoms with van der Waals surface area (Å²) in [5.41, 5.74) is 2.28. The van der Waals surface area contributed by atoms with Gasteiger partial charge in [0, 0.05) is 38.2 Å². The van der Waals surface area contributed by atoms with E-state index in [4.69, 9.17) is 0 Å². The number of carbonyl (C=O) groups is 1. The van der Waals surface area contributed by atoms with Gasteiger partial charge in [0.05, 0.1) is 17.6 Å². The third kappa shape index (κ3) is 3.18. The fraction of sp³-hybridized carbons (Fsp3) is 0.316. The van der Waals surface area contributed by atoms with Crippen molar-refractivity contribution in [3.8, 4) is 0 Å². The zero-order valence-corrected chi connectivity index (χ0v) is 14.3. The van der Waals surface area contributed by atoms with Crippen LogP contribution < -0.4 is 0 Å². The van der Waals surface area contributed by atoms with Gasteiger partial charge in [-0.1, -0.05) is 42.5 Å². The van der Waals surface area contributed by atoms with Crippen LogP contribution in [0.25, 0.3) is 0 Å². The first-order valence-electron chi connectivity index (χ1n) is 8.69. The summed E-state index contributed by atoms with van der Waals surface area (Å²) in [4.78, 5) is 25.1. The zero-order valence-electron chi connectivity index (χ0n) is 14.3. The van der Waals surface area contributed by atoms with E-state index < -0.39 is 4.92 Å². The van der Waals surface area contributed by atoms with Crippen LogP contribution in [0, 0.1) is 10.1 Å². The van der Waals surface area contributed by atoms with E-state index in [9.17, 15) is 14.9 Å². The molecule has 0 bridgehead atoms. The Bertz CT molecular complexity index is 809. The van der Waals surface area contributed by atoms with Crippen LogP contribution in [0.15, 0.2) is 54.6 Å². The van der Waals surface area contributed by atoms with Crippen molar-refractivity contribution >= 4 is 11.6 Å². The molecule has 7 nitrogen and oxygen atoms in total. The number of nitrogens with zero attached hydrogens (tertiary/aromatic N) is 4. The Kier molecular flexibility index (Phi) is 4.40. The molecule has 2 fully saturated rings.